The van der Waals surface area contributed by atoms with Gasteiger partial charge in [-0.3, -0.25) is 9.48 Å². The molecule has 2 heterocycles. The van der Waals surface area contributed by atoms with Crippen molar-refractivity contribution in [2.45, 2.75) is 32.9 Å². The van der Waals surface area contributed by atoms with Gasteiger partial charge < -0.3 is 14.9 Å². The van der Waals surface area contributed by atoms with Crippen LogP contribution in [0.5, 0.6) is 0 Å². The van der Waals surface area contributed by atoms with Crippen LogP contribution in [0.4, 0.5) is 13.2 Å². The van der Waals surface area contributed by atoms with E-state index in [9.17, 15) is 18.0 Å². The van der Waals surface area contributed by atoms with Crippen LogP contribution in [0.1, 0.15) is 35.9 Å². The fraction of sp³-hybridized carbons (Fsp3) is 0.706. The fourth-order valence-corrected chi connectivity index (χ4v) is 2.68. The van der Waals surface area contributed by atoms with Gasteiger partial charge in [0.2, 0.25) is 0 Å². The van der Waals surface area contributed by atoms with Crippen molar-refractivity contribution in [3.8, 4) is 0 Å². The summed E-state index contributed by atoms with van der Waals surface area (Å²) in [6, 6.07) is 1.85. The highest BCUT2D eigenvalue weighted by molar-refractivity contribution is 5.92. The number of hydrogen-bond acceptors (Lipinski definition) is 4. The van der Waals surface area contributed by atoms with Gasteiger partial charge in [-0.1, -0.05) is 6.92 Å². The van der Waals surface area contributed by atoms with Gasteiger partial charge in [0.15, 0.2) is 0 Å². The van der Waals surface area contributed by atoms with Crippen LogP contribution in [0.3, 0.4) is 0 Å². The molecule has 1 saturated heterocycles. The predicted octanol–water partition coefficient (Wildman–Crippen LogP) is 2.17. The average molecular weight is 392 g/mol. The molecule has 154 valence electrons. The molecule has 2 rings (SSSR count). The first-order chi connectivity index (χ1) is 12.4. The molecule has 0 saturated carbocycles. The zero-order chi connectivity index (χ0) is 20.8. The van der Waals surface area contributed by atoms with Crippen LogP contribution in [0.2, 0.25) is 0 Å². The standard InChI is InChI=1S/C15H26N4O.C2HF3O2/c1-12-5-7-19(8-6-12)10-9-17(3)15(20)14-11-13(2)16-18(14)4;3-2(4,5)1(6)7/h11-12H,5-10H2,1-4H3;(H,6,7). The molecular weight excluding hydrogens is 365 g/mol. The number of aromatic nitrogens is 2. The first kappa shape index (κ1) is 22.9. The molecule has 0 unspecified atom stereocenters. The highest BCUT2D eigenvalue weighted by Crippen LogP contribution is 2.15. The number of carboxylic acid groups (broad SMARTS) is 1. The monoisotopic (exact) mass is 392 g/mol. The Bertz CT molecular complexity index is 638. The Morgan fingerprint density at radius 1 is 1.33 bits per heavy atom. The summed E-state index contributed by atoms with van der Waals surface area (Å²) < 4.78 is 33.4. The number of amides is 1. The number of carbonyl (C=O) groups excluding carboxylic acids is 1. The van der Waals surface area contributed by atoms with Crippen LogP contribution >= 0.6 is 0 Å². The molecule has 1 N–H and O–H groups in total. The van der Waals surface area contributed by atoms with E-state index in [-0.39, 0.29) is 5.91 Å². The number of carbonyl (C=O) groups is 2. The molecule has 7 nitrogen and oxygen atoms in total. The van der Waals surface area contributed by atoms with Crippen LogP contribution in [-0.2, 0) is 11.8 Å². The normalized spacial score (nSPS) is 15.8. The number of nitrogens with zero attached hydrogens (tertiary/aromatic N) is 4. The number of carboxylic acids is 1. The second-order valence-corrected chi connectivity index (χ2v) is 6.85. The Hall–Kier alpha value is -2.10. The molecule has 1 aromatic heterocycles. The number of piperidine rings is 1. The lowest BCUT2D eigenvalue weighted by atomic mass is 9.99. The molecule has 0 atom stereocenters. The molecule has 1 aliphatic heterocycles. The van der Waals surface area contributed by atoms with Crippen molar-refractivity contribution < 1.29 is 27.9 Å². The van der Waals surface area contributed by atoms with E-state index in [1.165, 1.54) is 12.8 Å². The van der Waals surface area contributed by atoms with Crippen molar-refractivity contribution in [2.75, 3.05) is 33.2 Å². The molecule has 1 aliphatic rings. The molecule has 1 fully saturated rings. The highest BCUT2D eigenvalue weighted by atomic mass is 19.4. The van der Waals surface area contributed by atoms with E-state index < -0.39 is 12.1 Å². The minimum Gasteiger partial charge on any atom is -0.475 e. The van der Waals surface area contributed by atoms with Gasteiger partial charge >= 0.3 is 12.1 Å². The van der Waals surface area contributed by atoms with Gasteiger partial charge in [0.05, 0.1) is 5.69 Å². The lowest BCUT2D eigenvalue weighted by Crippen LogP contribution is -2.40. The minimum absolute atomic E-state index is 0.0541. The zero-order valence-electron chi connectivity index (χ0n) is 16.1. The maximum atomic E-state index is 12.4. The summed E-state index contributed by atoms with van der Waals surface area (Å²) in [5.41, 5.74) is 1.55. The summed E-state index contributed by atoms with van der Waals surface area (Å²) in [5.74, 6) is -1.85. The van der Waals surface area contributed by atoms with Crippen molar-refractivity contribution in [3.05, 3.63) is 17.5 Å². The molecule has 27 heavy (non-hydrogen) atoms. The average Bonchev–Trinajstić information content (AvgIpc) is 2.91. The third-order valence-electron chi connectivity index (χ3n) is 4.44. The summed E-state index contributed by atoms with van der Waals surface area (Å²) in [6.07, 6.45) is -2.53. The number of hydrogen-bond donors (Lipinski definition) is 1. The highest BCUT2D eigenvalue weighted by Gasteiger charge is 2.38. The molecule has 0 spiro atoms. The quantitative estimate of drug-likeness (QED) is 0.850. The van der Waals surface area contributed by atoms with Gasteiger partial charge in [0.1, 0.15) is 5.69 Å². The van der Waals surface area contributed by atoms with E-state index in [1.807, 2.05) is 27.1 Å². The number of likely N-dealkylation sites (N-methyl/N-ethyl adjacent to an activating group) is 1. The number of aryl methyl sites for hydroxylation is 2. The lowest BCUT2D eigenvalue weighted by molar-refractivity contribution is -0.192. The molecule has 0 bridgehead atoms. The van der Waals surface area contributed by atoms with Crippen LogP contribution in [0.25, 0.3) is 0 Å². The Morgan fingerprint density at radius 2 is 1.85 bits per heavy atom. The number of alkyl halides is 3. The van der Waals surface area contributed by atoms with Crippen molar-refractivity contribution in [2.24, 2.45) is 13.0 Å². The number of halogens is 3. The summed E-state index contributed by atoms with van der Waals surface area (Å²) in [5, 5.41) is 11.4. The number of aliphatic carboxylic acids is 1. The Balaban J connectivity index is 0.000000445. The maximum Gasteiger partial charge on any atom is 0.490 e. The van der Waals surface area contributed by atoms with Crippen LogP contribution in [-0.4, -0.2) is 76.0 Å². The Morgan fingerprint density at radius 3 is 2.26 bits per heavy atom. The Labute approximate surface area is 156 Å². The molecule has 1 aromatic rings. The van der Waals surface area contributed by atoms with Gasteiger partial charge in [0.25, 0.3) is 5.91 Å². The minimum atomic E-state index is -5.08. The van der Waals surface area contributed by atoms with Crippen molar-refractivity contribution in [1.29, 1.82) is 0 Å². The van der Waals surface area contributed by atoms with Crippen molar-refractivity contribution >= 4 is 11.9 Å². The number of likely N-dealkylation sites (tertiary alicyclic amines) is 1. The van der Waals surface area contributed by atoms with E-state index in [2.05, 4.69) is 16.9 Å². The fourth-order valence-electron chi connectivity index (χ4n) is 2.68. The van der Waals surface area contributed by atoms with Gasteiger partial charge in [-0.15, -0.1) is 0 Å². The molecule has 1 amide bonds. The molecule has 0 aliphatic carbocycles. The van der Waals surface area contributed by atoms with Crippen molar-refractivity contribution in [3.63, 3.8) is 0 Å². The van der Waals surface area contributed by atoms with Crippen molar-refractivity contribution in [1.82, 2.24) is 19.6 Å². The van der Waals surface area contributed by atoms with Gasteiger partial charge in [-0.2, -0.15) is 18.3 Å². The van der Waals surface area contributed by atoms with Crippen LogP contribution in [0.15, 0.2) is 6.07 Å². The van der Waals surface area contributed by atoms with Crippen LogP contribution < -0.4 is 0 Å². The van der Waals surface area contributed by atoms with E-state index in [0.717, 1.165) is 37.8 Å². The van der Waals surface area contributed by atoms with E-state index in [0.29, 0.717) is 5.69 Å². The second kappa shape index (κ2) is 9.72. The number of rotatable bonds is 4. The molecule has 0 radical (unpaired) electrons. The van der Waals surface area contributed by atoms with Gasteiger partial charge in [-0.05, 0) is 44.8 Å². The lowest BCUT2D eigenvalue weighted by Gasteiger charge is -2.31. The zero-order valence-corrected chi connectivity index (χ0v) is 16.1. The first-order valence-corrected chi connectivity index (χ1v) is 8.70. The van der Waals surface area contributed by atoms with Gasteiger partial charge in [0, 0.05) is 27.2 Å². The topological polar surface area (TPSA) is 78.7 Å². The summed E-state index contributed by atoms with van der Waals surface area (Å²) >= 11 is 0. The largest absolute Gasteiger partial charge is 0.490 e. The molecule has 10 heteroatoms. The smallest absolute Gasteiger partial charge is 0.475 e. The van der Waals surface area contributed by atoms with E-state index >= 15 is 0 Å². The second-order valence-electron chi connectivity index (χ2n) is 6.85. The van der Waals surface area contributed by atoms with Gasteiger partial charge in [-0.25, -0.2) is 4.79 Å². The Kier molecular flexibility index (Phi) is 8.26. The first-order valence-electron chi connectivity index (χ1n) is 8.70. The summed E-state index contributed by atoms with van der Waals surface area (Å²) in [7, 11) is 3.69. The molecule has 0 aromatic carbocycles. The van der Waals surface area contributed by atoms with E-state index in [1.54, 1.807) is 9.58 Å². The summed E-state index contributed by atoms with van der Waals surface area (Å²) in [6.45, 7) is 8.29. The van der Waals surface area contributed by atoms with E-state index in [4.69, 9.17) is 9.90 Å². The SMILES string of the molecule is Cc1cc(C(=O)N(C)CCN2CCC(C)CC2)n(C)n1.O=C(O)C(F)(F)F. The van der Waals surface area contributed by atoms with Crippen LogP contribution in [0, 0.1) is 12.8 Å². The third kappa shape index (κ3) is 7.58. The third-order valence-corrected chi connectivity index (χ3v) is 4.44. The predicted molar refractivity (Wildman–Crippen MR) is 93.4 cm³/mol. The summed E-state index contributed by atoms with van der Waals surface area (Å²) in [4.78, 5) is 25.5. The maximum absolute atomic E-state index is 12.4. The molecular formula is C17H27F3N4O3.